The van der Waals surface area contributed by atoms with Crippen molar-refractivity contribution in [3.63, 3.8) is 0 Å². The molecule has 6 heteroatoms. The van der Waals surface area contributed by atoms with Gasteiger partial charge in [-0.2, -0.15) is 10.2 Å². The number of nitrogens with zero attached hydrogens (tertiary/aromatic N) is 4. The molecule has 48 heavy (non-hydrogen) atoms. The van der Waals surface area contributed by atoms with E-state index in [1.807, 2.05) is 61.0 Å². The second-order valence-corrected chi connectivity index (χ2v) is 11.9. The Morgan fingerprint density at radius 3 is 1.44 bits per heavy atom. The standard InChI is InChI=1S/C42H32N4O2/c1-47-39-19-17-29(23-37(39)41-35-15-5-3-9-31(35)25-43-41)27-11-7-13-33(21-27)45-46-34-14-8-12-28(22-34)30-18-20-40(48-2)38(24-30)42-36-16-6-4-10-32(36)26-44-42/h3-26,35-36H,1-2H3. The van der Waals surface area contributed by atoms with Crippen LogP contribution < -0.4 is 9.47 Å². The summed E-state index contributed by atoms with van der Waals surface area (Å²) in [4.78, 5) is 9.54. The lowest BCUT2D eigenvalue weighted by Crippen LogP contribution is -2.14. The highest BCUT2D eigenvalue weighted by Crippen LogP contribution is 2.37. The van der Waals surface area contributed by atoms with Crippen LogP contribution in [-0.4, -0.2) is 25.6 Å². The Morgan fingerprint density at radius 2 is 0.979 bits per heavy atom. The fourth-order valence-electron chi connectivity index (χ4n) is 6.57. The van der Waals surface area contributed by atoms with Gasteiger partial charge < -0.3 is 9.47 Å². The molecule has 4 aliphatic rings. The minimum Gasteiger partial charge on any atom is -0.496 e. The fraction of sp³-hybridized carbons (Fsp3) is 0.0952. The Hall–Kier alpha value is -6.14. The minimum absolute atomic E-state index is 0.132. The maximum atomic E-state index is 5.75. The molecule has 6 nitrogen and oxygen atoms in total. The van der Waals surface area contributed by atoms with Crippen LogP contribution in [0.3, 0.4) is 0 Å². The third kappa shape index (κ3) is 5.47. The van der Waals surface area contributed by atoms with Crippen molar-refractivity contribution in [2.45, 2.75) is 0 Å². The molecule has 0 saturated heterocycles. The molecule has 0 bridgehead atoms. The fourth-order valence-corrected chi connectivity index (χ4v) is 6.57. The summed E-state index contributed by atoms with van der Waals surface area (Å²) in [5.74, 6) is 1.87. The van der Waals surface area contributed by atoms with Gasteiger partial charge in [0.1, 0.15) is 11.5 Å². The largest absolute Gasteiger partial charge is 0.496 e. The number of methoxy groups -OCH3 is 2. The Bertz CT molecular complexity index is 2070. The maximum Gasteiger partial charge on any atom is 0.127 e. The molecule has 2 heterocycles. The number of rotatable bonds is 8. The average Bonchev–Trinajstić information content (AvgIpc) is 3.79. The van der Waals surface area contributed by atoms with Gasteiger partial charge in [-0.15, -0.1) is 0 Å². The summed E-state index contributed by atoms with van der Waals surface area (Å²) in [5.41, 5.74) is 12.0. The highest BCUT2D eigenvalue weighted by molar-refractivity contribution is 6.10. The van der Waals surface area contributed by atoms with Gasteiger partial charge in [-0.25, -0.2) is 0 Å². The van der Waals surface area contributed by atoms with E-state index in [0.717, 1.165) is 67.7 Å². The molecule has 0 N–H and O–H groups in total. The monoisotopic (exact) mass is 624 g/mol. The lowest BCUT2D eigenvalue weighted by molar-refractivity contribution is 0.413. The third-order valence-electron chi connectivity index (χ3n) is 9.01. The van der Waals surface area contributed by atoms with Crippen LogP contribution in [0.1, 0.15) is 11.1 Å². The normalized spacial score (nSPS) is 18.7. The van der Waals surface area contributed by atoms with Gasteiger partial charge in [-0.05, 0) is 81.9 Å². The lowest BCUT2D eigenvalue weighted by atomic mass is 9.87. The minimum atomic E-state index is 0.132. The van der Waals surface area contributed by atoms with Crippen LogP contribution in [-0.2, 0) is 0 Å². The zero-order valence-corrected chi connectivity index (χ0v) is 26.6. The average molecular weight is 625 g/mol. The van der Waals surface area contributed by atoms with E-state index in [9.17, 15) is 0 Å². The Morgan fingerprint density at radius 1 is 0.521 bits per heavy atom. The Balaban J connectivity index is 1.05. The van der Waals surface area contributed by atoms with Crippen molar-refractivity contribution in [2.24, 2.45) is 32.0 Å². The summed E-state index contributed by atoms with van der Waals surface area (Å²) in [6.07, 6.45) is 20.7. The quantitative estimate of drug-likeness (QED) is 0.183. The molecule has 0 fully saturated rings. The molecule has 4 aromatic carbocycles. The van der Waals surface area contributed by atoms with Crippen molar-refractivity contribution in [1.29, 1.82) is 0 Å². The smallest absolute Gasteiger partial charge is 0.127 e. The third-order valence-corrected chi connectivity index (χ3v) is 9.01. The number of azo groups is 1. The van der Waals surface area contributed by atoms with Crippen molar-refractivity contribution in [2.75, 3.05) is 14.2 Å². The van der Waals surface area contributed by atoms with Crippen molar-refractivity contribution in [3.8, 4) is 33.8 Å². The molecule has 0 radical (unpaired) electrons. The SMILES string of the molecule is COc1ccc(-c2cccc(N=Nc3cccc(-c4ccc(OC)c(C5=NC=C6C=CC=CC65)c4)c3)c2)cc1C1=NC=C2C=CC=CC21. The summed E-state index contributed by atoms with van der Waals surface area (Å²) in [6.45, 7) is 0. The van der Waals surface area contributed by atoms with E-state index in [1.54, 1.807) is 14.2 Å². The maximum absolute atomic E-state index is 5.75. The van der Waals surface area contributed by atoms with Crippen LogP contribution in [0.25, 0.3) is 22.3 Å². The first-order valence-corrected chi connectivity index (χ1v) is 15.9. The summed E-state index contributed by atoms with van der Waals surface area (Å²) in [6, 6.07) is 28.7. The van der Waals surface area contributed by atoms with Crippen molar-refractivity contribution in [3.05, 3.63) is 168 Å². The van der Waals surface area contributed by atoms with Crippen LogP contribution in [0.4, 0.5) is 11.4 Å². The van der Waals surface area contributed by atoms with Crippen LogP contribution in [0.2, 0.25) is 0 Å². The molecular formula is C42H32N4O2. The van der Waals surface area contributed by atoms with E-state index in [1.165, 1.54) is 11.1 Å². The summed E-state index contributed by atoms with van der Waals surface area (Å²) in [5, 5.41) is 9.26. The number of hydrogen-bond acceptors (Lipinski definition) is 6. The predicted molar refractivity (Wildman–Crippen MR) is 194 cm³/mol. The molecule has 0 amide bonds. The zero-order chi connectivity index (χ0) is 32.5. The molecule has 2 aliphatic carbocycles. The Labute approximate surface area is 279 Å². The second-order valence-electron chi connectivity index (χ2n) is 11.9. The van der Waals surface area contributed by atoms with Crippen LogP contribution in [0.5, 0.6) is 11.5 Å². The molecule has 2 atom stereocenters. The molecule has 0 spiro atoms. The van der Waals surface area contributed by atoms with E-state index >= 15 is 0 Å². The first-order chi connectivity index (χ1) is 23.7. The van der Waals surface area contributed by atoms with Gasteiger partial charge >= 0.3 is 0 Å². The van der Waals surface area contributed by atoms with Crippen LogP contribution >= 0.6 is 0 Å². The first kappa shape index (κ1) is 29.3. The van der Waals surface area contributed by atoms with E-state index < -0.39 is 0 Å². The lowest BCUT2D eigenvalue weighted by Gasteiger charge is -2.17. The van der Waals surface area contributed by atoms with Gasteiger partial charge in [0.05, 0.1) is 37.0 Å². The number of hydrogen-bond donors (Lipinski definition) is 0. The molecule has 2 unspecified atom stereocenters. The molecule has 8 rings (SSSR count). The number of ether oxygens (including phenoxy) is 2. The number of allylic oxidation sites excluding steroid dienone is 10. The van der Waals surface area contributed by atoms with Gasteiger partial charge in [-0.1, -0.05) is 85.0 Å². The molecule has 0 saturated carbocycles. The topological polar surface area (TPSA) is 67.9 Å². The first-order valence-electron chi connectivity index (χ1n) is 15.9. The van der Waals surface area contributed by atoms with Crippen molar-refractivity contribution in [1.82, 2.24) is 0 Å². The Kier molecular flexibility index (Phi) is 7.67. The molecular weight excluding hydrogens is 592 g/mol. The molecule has 232 valence electrons. The van der Waals surface area contributed by atoms with E-state index in [0.29, 0.717) is 0 Å². The van der Waals surface area contributed by atoms with Gasteiger partial charge in [-0.3, -0.25) is 9.98 Å². The van der Waals surface area contributed by atoms with Crippen molar-refractivity contribution < 1.29 is 9.47 Å². The number of fused-ring (bicyclic) bond motifs is 2. The number of benzene rings is 4. The van der Waals surface area contributed by atoms with Gasteiger partial charge in [0.2, 0.25) is 0 Å². The molecule has 2 aliphatic heterocycles. The summed E-state index contributed by atoms with van der Waals surface area (Å²) < 4.78 is 11.5. The zero-order valence-electron chi connectivity index (χ0n) is 26.6. The van der Waals surface area contributed by atoms with Gasteiger partial charge in [0.15, 0.2) is 0 Å². The highest BCUT2D eigenvalue weighted by Gasteiger charge is 2.27. The van der Waals surface area contributed by atoms with Gasteiger partial charge in [0, 0.05) is 35.4 Å². The van der Waals surface area contributed by atoms with Crippen molar-refractivity contribution >= 4 is 22.8 Å². The highest BCUT2D eigenvalue weighted by atomic mass is 16.5. The predicted octanol–water partition coefficient (Wildman–Crippen LogP) is 10.3. The van der Waals surface area contributed by atoms with E-state index in [4.69, 9.17) is 19.5 Å². The summed E-state index contributed by atoms with van der Waals surface area (Å²) >= 11 is 0. The summed E-state index contributed by atoms with van der Waals surface area (Å²) in [7, 11) is 3.40. The van der Waals surface area contributed by atoms with Crippen LogP contribution in [0.15, 0.2) is 177 Å². The van der Waals surface area contributed by atoms with E-state index in [2.05, 4.69) is 95.2 Å². The number of aliphatic imine (C=N–C) groups is 2. The van der Waals surface area contributed by atoms with Crippen LogP contribution in [0, 0.1) is 11.8 Å². The second kappa shape index (κ2) is 12.6. The molecule has 4 aromatic rings. The van der Waals surface area contributed by atoms with Gasteiger partial charge in [0.25, 0.3) is 0 Å². The van der Waals surface area contributed by atoms with E-state index in [-0.39, 0.29) is 11.8 Å². The molecule has 0 aromatic heterocycles.